The summed E-state index contributed by atoms with van der Waals surface area (Å²) < 4.78 is 18.8. The van der Waals surface area contributed by atoms with E-state index in [9.17, 15) is 19.7 Å². The number of fused-ring (bicyclic) bond motifs is 1. The fourth-order valence-electron chi connectivity index (χ4n) is 4.66. The fraction of sp³-hybridized carbons (Fsp3) is 0.156. The lowest BCUT2D eigenvalue weighted by Crippen LogP contribution is -2.39. The van der Waals surface area contributed by atoms with Crippen molar-refractivity contribution in [2.24, 2.45) is 4.99 Å². The molecule has 3 aromatic carbocycles. The summed E-state index contributed by atoms with van der Waals surface area (Å²) in [5, 5.41) is 11.1. The number of carbonyl (C=O) groups is 1. The Morgan fingerprint density at radius 2 is 1.86 bits per heavy atom. The number of nitrogens with zero attached hydrogens (tertiary/aromatic N) is 3. The van der Waals surface area contributed by atoms with Crippen molar-refractivity contribution in [1.29, 1.82) is 0 Å². The van der Waals surface area contributed by atoms with Crippen molar-refractivity contribution in [3.8, 4) is 11.5 Å². The van der Waals surface area contributed by atoms with Gasteiger partial charge in [-0.2, -0.15) is 0 Å². The zero-order valence-electron chi connectivity index (χ0n) is 23.4. The number of hydrogen-bond acceptors (Lipinski definition) is 9. The zero-order chi connectivity index (χ0) is 30.5. The van der Waals surface area contributed by atoms with Crippen molar-refractivity contribution in [1.82, 2.24) is 4.57 Å². The first-order valence-electron chi connectivity index (χ1n) is 13.2. The Kier molecular flexibility index (Phi) is 8.63. The third-order valence-corrected chi connectivity index (χ3v) is 7.70. The Morgan fingerprint density at radius 3 is 2.53 bits per heavy atom. The van der Waals surface area contributed by atoms with Crippen molar-refractivity contribution in [3.63, 3.8) is 0 Å². The zero-order valence-corrected chi connectivity index (χ0v) is 24.2. The minimum Gasteiger partial charge on any atom is -0.493 e. The fourth-order valence-corrected chi connectivity index (χ4v) is 5.71. The van der Waals surface area contributed by atoms with Crippen LogP contribution in [0.2, 0.25) is 0 Å². The van der Waals surface area contributed by atoms with E-state index in [1.54, 1.807) is 49.4 Å². The first-order valence-corrected chi connectivity index (χ1v) is 14.0. The lowest BCUT2D eigenvalue weighted by molar-refractivity contribution is -0.384. The molecular formula is C32H27N3O7S. The van der Waals surface area contributed by atoms with E-state index in [0.29, 0.717) is 37.7 Å². The van der Waals surface area contributed by atoms with Crippen LogP contribution in [0.4, 0.5) is 5.69 Å². The molecule has 0 N–H and O–H groups in total. The van der Waals surface area contributed by atoms with Gasteiger partial charge < -0.3 is 14.2 Å². The summed E-state index contributed by atoms with van der Waals surface area (Å²) in [6.07, 6.45) is 3.26. The van der Waals surface area contributed by atoms with Crippen molar-refractivity contribution in [2.45, 2.75) is 19.6 Å². The largest absolute Gasteiger partial charge is 0.493 e. The third-order valence-electron chi connectivity index (χ3n) is 6.72. The van der Waals surface area contributed by atoms with Gasteiger partial charge in [-0.3, -0.25) is 19.5 Å². The minimum atomic E-state index is -0.874. The van der Waals surface area contributed by atoms with Crippen LogP contribution in [0.3, 0.4) is 0 Å². The molecule has 5 rings (SSSR count). The quantitative estimate of drug-likeness (QED) is 0.115. The van der Waals surface area contributed by atoms with Crippen LogP contribution in [0.1, 0.15) is 29.7 Å². The SMILES string of the molecule is C=CCOc1ccc(C2C(C(=O)OCc3ccccc3)=C(C)N=c3s/c(=C\c4ccc([N+](=O)[O-])cc4)c(=O)n32)cc1OC. The van der Waals surface area contributed by atoms with Gasteiger partial charge in [0.05, 0.1) is 33.9 Å². The van der Waals surface area contributed by atoms with Crippen molar-refractivity contribution in [3.05, 3.63) is 143 Å². The third kappa shape index (κ3) is 6.16. The second-order valence-corrected chi connectivity index (χ2v) is 10.5. The second-order valence-electron chi connectivity index (χ2n) is 9.50. The molecule has 10 nitrogen and oxygen atoms in total. The Labute approximate surface area is 250 Å². The molecule has 1 aliphatic rings. The molecule has 2 heterocycles. The number of aromatic nitrogens is 1. The molecule has 43 heavy (non-hydrogen) atoms. The maximum atomic E-state index is 13.9. The first kappa shape index (κ1) is 29.2. The molecule has 4 aromatic rings. The summed E-state index contributed by atoms with van der Waals surface area (Å²) in [5.41, 5.74) is 2.21. The van der Waals surface area contributed by atoms with E-state index >= 15 is 0 Å². The van der Waals surface area contributed by atoms with E-state index in [-0.39, 0.29) is 30.0 Å². The number of thiazole rings is 1. The number of methoxy groups -OCH3 is 1. The molecule has 1 aromatic heterocycles. The van der Waals surface area contributed by atoms with Crippen molar-refractivity contribution >= 4 is 29.1 Å². The highest BCUT2D eigenvalue weighted by Gasteiger charge is 2.34. The number of rotatable bonds is 10. The highest BCUT2D eigenvalue weighted by atomic mass is 32.1. The molecule has 0 amide bonds. The van der Waals surface area contributed by atoms with Crippen molar-refractivity contribution < 1.29 is 23.9 Å². The van der Waals surface area contributed by atoms with Crippen LogP contribution in [-0.2, 0) is 16.1 Å². The van der Waals surface area contributed by atoms with Crippen LogP contribution < -0.4 is 24.4 Å². The summed E-state index contributed by atoms with van der Waals surface area (Å²) in [5.74, 6) is 0.287. The number of hydrogen-bond donors (Lipinski definition) is 0. The maximum Gasteiger partial charge on any atom is 0.338 e. The van der Waals surface area contributed by atoms with E-state index in [1.165, 1.54) is 23.8 Å². The van der Waals surface area contributed by atoms with E-state index in [1.807, 2.05) is 30.3 Å². The Bertz CT molecular complexity index is 1910. The van der Waals surface area contributed by atoms with Gasteiger partial charge in [-0.1, -0.05) is 60.4 Å². The van der Waals surface area contributed by atoms with Gasteiger partial charge in [0.1, 0.15) is 13.2 Å². The number of carbonyl (C=O) groups excluding carboxylic acids is 1. The van der Waals surface area contributed by atoms with Gasteiger partial charge >= 0.3 is 5.97 Å². The molecule has 1 atom stereocenters. The van der Waals surface area contributed by atoms with Crippen LogP contribution in [-0.4, -0.2) is 29.2 Å². The van der Waals surface area contributed by atoms with Gasteiger partial charge in [-0.25, -0.2) is 9.79 Å². The smallest absolute Gasteiger partial charge is 0.338 e. The Morgan fingerprint density at radius 1 is 1.12 bits per heavy atom. The summed E-state index contributed by atoms with van der Waals surface area (Å²) in [4.78, 5) is 43.2. The summed E-state index contributed by atoms with van der Waals surface area (Å²) >= 11 is 1.16. The topological polar surface area (TPSA) is 122 Å². The molecule has 11 heteroatoms. The normalized spacial score (nSPS) is 14.5. The van der Waals surface area contributed by atoms with Gasteiger partial charge in [-0.15, -0.1) is 0 Å². The van der Waals surface area contributed by atoms with Crippen LogP contribution >= 0.6 is 11.3 Å². The molecule has 0 spiro atoms. The predicted octanol–water partition coefficient (Wildman–Crippen LogP) is 4.46. The summed E-state index contributed by atoms with van der Waals surface area (Å²) in [7, 11) is 1.51. The standard InChI is InChI=1S/C32H27N3O7S/c1-4-16-41-25-15-12-23(18-26(25)40-3)29-28(31(37)42-19-22-8-6-5-7-9-22)20(2)33-32-34(29)30(36)27(43-32)17-21-10-13-24(14-11-21)35(38)39/h4-15,17-18,29H,1,16,19H2,2-3H3/b27-17-. The predicted molar refractivity (Wildman–Crippen MR) is 162 cm³/mol. The number of nitro benzene ring substituents is 1. The highest BCUT2D eigenvalue weighted by Crippen LogP contribution is 2.36. The molecular weight excluding hydrogens is 570 g/mol. The molecule has 0 bridgehead atoms. The second kappa shape index (κ2) is 12.7. The average Bonchev–Trinajstić information content (AvgIpc) is 3.32. The van der Waals surface area contributed by atoms with Gasteiger partial charge in [0.2, 0.25) is 0 Å². The maximum absolute atomic E-state index is 13.9. The Balaban J connectivity index is 1.62. The number of ether oxygens (including phenoxy) is 3. The van der Waals surface area contributed by atoms with E-state index in [2.05, 4.69) is 11.6 Å². The van der Waals surface area contributed by atoms with Gasteiger partial charge in [0.15, 0.2) is 16.3 Å². The Hall–Kier alpha value is -5.29. The molecule has 0 fully saturated rings. The van der Waals surface area contributed by atoms with Gasteiger partial charge in [0.25, 0.3) is 11.2 Å². The molecule has 218 valence electrons. The molecule has 0 saturated carbocycles. The summed E-state index contributed by atoms with van der Waals surface area (Å²) in [6, 6.07) is 19.5. The van der Waals surface area contributed by atoms with E-state index in [0.717, 1.165) is 16.9 Å². The van der Waals surface area contributed by atoms with Crippen LogP contribution in [0.5, 0.6) is 11.5 Å². The van der Waals surface area contributed by atoms with Crippen LogP contribution in [0.15, 0.2) is 107 Å². The molecule has 1 aliphatic heterocycles. The number of nitro groups is 1. The number of esters is 1. The molecule has 0 aliphatic carbocycles. The van der Waals surface area contributed by atoms with Gasteiger partial charge in [-0.05, 0) is 54.0 Å². The lowest BCUT2D eigenvalue weighted by atomic mass is 9.95. The molecule has 0 saturated heterocycles. The van der Waals surface area contributed by atoms with Crippen LogP contribution in [0, 0.1) is 10.1 Å². The van der Waals surface area contributed by atoms with E-state index in [4.69, 9.17) is 14.2 Å². The number of non-ortho nitro benzene ring substituents is 1. The highest BCUT2D eigenvalue weighted by molar-refractivity contribution is 7.07. The number of benzene rings is 3. The lowest BCUT2D eigenvalue weighted by Gasteiger charge is -2.25. The monoisotopic (exact) mass is 597 g/mol. The average molecular weight is 598 g/mol. The van der Waals surface area contributed by atoms with Crippen molar-refractivity contribution in [2.75, 3.05) is 13.7 Å². The number of allylic oxidation sites excluding steroid dienone is 1. The first-order chi connectivity index (χ1) is 20.8. The van der Waals surface area contributed by atoms with Crippen LogP contribution in [0.25, 0.3) is 6.08 Å². The van der Waals surface area contributed by atoms with E-state index < -0.39 is 16.9 Å². The molecule has 1 unspecified atom stereocenters. The van der Waals surface area contributed by atoms with Gasteiger partial charge in [0, 0.05) is 12.1 Å². The molecule has 0 radical (unpaired) electrons. The summed E-state index contributed by atoms with van der Waals surface area (Å²) in [6.45, 7) is 5.70. The minimum absolute atomic E-state index is 0.0470.